The van der Waals surface area contributed by atoms with Crippen LogP contribution in [-0.4, -0.2) is 6.54 Å². The van der Waals surface area contributed by atoms with Crippen molar-refractivity contribution in [1.29, 1.82) is 5.26 Å². The first kappa shape index (κ1) is 11.7. The van der Waals surface area contributed by atoms with Gasteiger partial charge in [0.15, 0.2) is 0 Å². The number of nitriles is 1. The molecule has 0 radical (unpaired) electrons. The summed E-state index contributed by atoms with van der Waals surface area (Å²) in [7, 11) is 0. The van der Waals surface area contributed by atoms with E-state index >= 15 is 0 Å². The van der Waals surface area contributed by atoms with Gasteiger partial charge in [0.1, 0.15) is 5.82 Å². The van der Waals surface area contributed by atoms with Crippen LogP contribution in [0.15, 0.2) is 24.3 Å². The van der Waals surface area contributed by atoms with Crippen molar-refractivity contribution in [2.24, 2.45) is 5.92 Å². The average molecular weight is 206 g/mol. The van der Waals surface area contributed by atoms with Gasteiger partial charge in [-0.25, -0.2) is 4.39 Å². The van der Waals surface area contributed by atoms with Crippen LogP contribution in [0.5, 0.6) is 0 Å². The Morgan fingerprint density at radius 3 is 2.67 bits per heavy atom. The van der Waals surface area contributed by atoms with Gasteiger partial charge in [-0.2, -0.15) is 5.26 Å². The van der Waals surface area contributed by atoms with Crippen molar-refractivity contribution < 1.29 is 4.39 Å². The Morgan fingerprint density at radius 1 is 1.40 bits per heavy atom. The Labute approximate surface area is 89.7 Å². The maximum absolute atomic E-state index is 13.3. The molecular weight excluding hydrogens is 191 g/mol. The molecule has 80 valence electrons. The van der Waals surface area contributed by atoms with Crippen LogP contribution in [0.2, 0.25) is 0 Å². The number of nitrogens with one attached hydrogen (secondary N) is 1. The normalized spacial score (nSPS) is 14.3. The van der Waals surface area contributed by atoms with E-state index in [0.29, 0.717) is 12.1 Å². The zero-order valence-corrected chi connectivity index (χ0v) is 9.00. The first-order valence-corrected chi connectivity index (χ1v) is 5.02. The molecule has 0 fully saturated rings. The molecule has 0 saturated heterocycles. The molecule has 2 atom stereocenters. The maximum Gasteiger partial charge on any atom is 0.127 e. The minimum absolute atomic E-state index is 0.0563. The van der Waals surface area contributed by atoms with Crippen molar-refractivity contribution in [3.63, 3.8) is 0 Å². The minimum Gasteiger partial charge on any atom is -0.309 e. The van der Waals surface area contributed by atoms with Crippen molar-refractivity contribution in [2.45, 2.75) is 19.9 Å². The highest BCUT2D eigenvalue weighted by atomic mass is 19.1. The van der Waals surface area contributed by atoms with Crippen LogP contribution < -0.4 is 5.32 Å². The lowest BCUT2D eigenvalue weighted by molar-refractivity contribution is 0.502. The lowest BCUT2D eigenvalue weighted by Gasteiger charge is -2.15. The Bertz CT molecular complexity index is 357. The van der Waals surface area contributed by atoms with E-state index in [1.807, 2.05) is 19.9 Å². The molecule has 1 rings (SSSR count). The Hall–Kier alpha value is -1.40. The maximum atomic E-state index is 13.3. The number of hydrogen-bond acceptors (Lipinski definition) is 2. The highest BCUT2D eigenvalue weighted by Crippen LogP contribution is 2.15. The van der Waals surface area contributed by atoms with Crippen molar-refractivity contribution >= 4 is 0 Å². The smallest absolute Gasteiger partial charge is 0.127 e. The first-order chi connectivity index (χ1) is 7.15. The van der Waals surface area contributed by atoms with Gasteiger partial charge in [0.25, 0.3) is 0 Å². The summed E-state index contributed by atoms with van der Waals surface area (Å²) in [5, 5.41) is 11.7. The summed E-state index contributed by atoms with van der Waals surface area (Å²) >= 11 is 0. The molecule has 0 heterocycles. The fourth-order valence-corrected chi connectivity index (χ4v) is 1.34. The number of benzene rings is 1. The van der Waals surface area contributed by atoms with E-state index in [2.05, 4.69) is 11.4 Å². The predicted molar refractivity (Wildman–Crippen MR) is 57.6 cm³/mol. The molecule has 0 aliphatic carbocycles. The molecule has 0 bridgehead atoms. The molecule has 0 spiro atoms. The molecule has 3 heteroatoms. The third kappa shape index (κ3) is 3.34. The quantitative estimate of drug-likeness (QED) is 0.822. The van der Waals surface area contributed by atoms with Gasteiger partial charge in [0.2, 0.25) is 0 Å². The van der Waals surface area contributed by atoms with E-state index in [-0.39, 0.29) is 17.8 Å². The van der Waals surface area contributed by atoms with Crippen LogP contribution in [-0.2, 0) is 0 Å². The third-order valence-corrected chi connectivity index (χ3v) is 2.32. The van der Waals surface area contributed by atoms with Crippen LogP contribution >= 0.6 is 0 Å². The van der Waals surface area contributed by atoms with E-state index in [1.165, 1.54) is 6.07 Å². The fourth-order valence-electron chi connectivity index (χ4n) is 1.34. The summed E-state index contributed by atoms with van der Waals surface area (Å²) in [6, 6.07) is 8.74. The summed E-state index contributed by atoms with van der Waals surface area (Å²) in [5.74, 6) is -0.263. The van der Waals surface area contributed by atoms with Gasteiger partial charge in [0, 0.05) is 18.2 Å². The van der Waals surface area contributed by atoms with E-state index < -0.39 is 0 Å². The largest absolute Gasteiger partial charge is 0.309 e. The molecular formula is C12H15FN2. The molecule has 0 aromatic heterocycles. The van der Waals surface area contributed by atoms with Gasteiger partial charge in [0.05, 0.1) is 12.0 Å². The molecule has 1 N–H and O–H groups in total. The predicted octanol–water partition coefficient (Wildman–Crippen LogP) is 2.64. The van der Waals surface area contributed by atoms with Crippen LogP contribution in [0.4, 0.5) is 4.39 Å². The van der Waals surface area contributed by atoms with Gasteiger partial charge in [-0.15, -0.1) is 0 Å². The number of hydrogen-bond donors (Lipinski definition) is 1. The molecule has 15 heavy (non-hydrogen) atoms. The summed E-state index contributed by atoms with van der Waals surface area (Å²) in [5.41, 5.74) is 0.641. The zero-order chi connectivity index (χ0) is 11.3. The minimum atomic E-state index is -0.206. The summed E-state index contributed by atoms with van der Waals surface area (Å²) < 4.78 is 13.3. The molecule has 1 unspecified atom stereocenters. The van der Waals surface area contributed by atoms with Crippen molar-refractivity contribution in [3.8, 4) is 6.07 Å². The molecule has 0 aliphatic rings. The van der Waals surface area contributed by atoms with E-state index in [9.17, 15) is 4.39 Å². The standard InChI is InChI=1S/C12H15FN2/c1-9(7-14)8-15-10(2)11-5-3-4-6-12(11)13/h3-6,9-10,15H,8H2,1-2H3/t9?,10-/m1/s1. The van der Waals surface area contributed by atoms with Crippen molar-refractivity contribution in [2.75, 3.05) is 6.54 Å². The van der Waals surface area contributed by atoms with Crippen LogP contribution in [0.3, 0.4) is 0 Å². The summed E-state index contributed by atoms with van der Waals surface area (Å²) in [6.07, 6.45) is 0. The SMILES string of the molecule is CC(C#N)CN[C@H](C)c1ccccc1F. The van der Waals surface area contributed by atoms with E-state index in [4.69, 9.17) is 5.26 Å². The Kier molecular flexibility index (Phi) is 4.26. The lowest BCUT2D eigenvalue weighted by atomic mass is 10.1. The topological polar surface area (TPSA) is 35.8 Å². The Balaban J connectivity index is 2.58. The van der Waals surface area contributed by atoms with Gasteiger partial charge < -0.3 is 5.32 Å². The fraction of sp³-hybridized carbons (Fsp3) is 0.417. The van der Waals surface area contributed by atoms with E-state index in [1.54, 1.807) is 12.1 Å². The van der Waals surface area contributed by atoms with Gasteiger partial charge in [-0.1, -0.05) is 18.2 Å². The van der Waals surface area contributed by atoms with Crippen molar-refractivity contribution in [1.82, 2.24) is 5.32 Å². The first-order valence-electron chi connectivity index (χ1n) is 5.02. The molecule has 2 nitrogen and oxygen atoms in total. The lowest BCUT2D eigenvalue weighted by Crippen LogP contribution is -2.24. The highest BCUT2D eigenvalue weighted by Gasteiger charge is 2.10. The zero-order valence-electron chi connectivity index (χ0n) is 9.00. The number of halogens is 1. The van der Waals surface area contributed by atoms with Crippen LogP contribution in [0.25, 0.3) is 0 Å². The van der Waals surface area contributed by atoms with Crippen LogP contribution in [0, 0.1) is 23.1 Å². The van der Waals surface area contributed by atoms with Crippen LogP contribution in [0.1, 0.15) is 25.5 Å². The molecule has 0 amide bonds. The molecule has 1 aromatic rings. The second-order valence-electron chi connectivity index (χ2n) is 3.68. The van der Waals surface area contributed by atoms with Gasteiger partial charge >= 0.3 is 0 Å². The highest BCUT2D eigenvalue weighted by molar-refractivity contribution is 5.20. The van der Waals surface area contributed by atoms with Gasteiger partial charge in [-0.3, -0.25) is 0 Å². The summed E-state index contributed by atoms with van der Waals surface area (Å²) in [4.78, 5) is 0. The van der Waals surface area contributed by atoms with E-state index in [0.717, 1.165) is 0 Å². The monoisotopic (exact) mass is 206 g/mol. The summed E-state index contributed by atoms with van der Waals surface area (Å²) in [6.45, 7) is 4.30. The second-order valence-corrected chi connectivity index (χ2v) is 3.68. The third-order valence-electron chi connectivity index (χ3n) is 2.32. The second kappa shape index (κ2) is 5.47. The van der Waals surface area contributed by atoms with Crippen molar-refractivity contribution in [3.05, 3.63) is 35.6 Å². The molecule has 0 aliphatic heterocycles. The van der Waals surface area contributed by atoms with Gasteiger partial charge in [-0.05, 0) is 19.9 Å². The number of nitrogens with zero attached hydrogens (tertiary/aromatic N) is 1. The molecule has 0 saturated carbocycles. The number of rotatable bonds is 4. The molecule has 1 aromatic carbocycles. The Morgan fingerprint density at radius 2 is 2.07 bits per heavy atom. The average Bonchev–Trinajstić information content (AvgIpc) is 2.26.